The summed E-state index contributed by atoms with van der Waals surface area (Å²) in [5.74, 6) is -2.12. The number of hydrogen-bond acceptors (Lipinski definition) is 5. The molecule has 0 aromatic heterocycles. The van der Waals surface area contributed by atoms with Crippen molar-refractivity contribution in [3.63, 3.8) is 0 Å². The molecule has 144 valence electrons. The largest absolute Gasteiger partial charge is 0.507 e. The summed E-state index contributed by atoms with van der Waals surface area (Å²) in [6.07, 6.45) is 1.43. The number of carboxylic acids is 1. The SMILES string of the molecule is Cc1cc(/C=C2\SC(=O)N(Cc3ccc(Cl)c(Cl)c3)C2=O)cc(C(=O)O)c1O. The molecule has 9 heteroatoms. The maximum Gasteiger partial charge on any atom is 0.339 e. The molecular weight excluding hydrogens is 425 g/mol. The second-order valence-corrected chi connectivity index (χ2v) is 7.86. The van der Waals surface area contributed by atoms with E-state index in [0.717, 1.165) is 16.7 Å². The van der Waals surface area contributed by atoms with Crippen molar-refractivity contribution < 1.29 is 24.6 Å². The van der Waals surface area contributed by atoms with E-state index < -0.39 is 17.1 Å². The van der Waals surface area contributed by atoms with Gasteiger partial charge in [-0.3, -0.25) is 14.5 Å². The Morgan fingerprint density at radius 2 is 1.89 bits per heavy atom. The molecule has 0 unspecified atom stereocenters. The third-order valence-corrected chi connectivity index (χ3v) is 5.70. The van der Waals surface area contributed by atoms with Gasteiger partial charge in [-0.05, 0) is 65.7 Å². The minimum absolute atomic E-state index is 0.0356. The predicted molar refractivity (Wildman–Crippen MR) is 108 cm³/mol. The molecule has 0 radical (unpaired) electrons. The van der Waals surface area contributed by atoms with Crippen LogP contribution in [-0.4, -0.2) is 32.2 Å². The number of hydrogen-bond donors (Lipinski definition) is 2. The minimum atomic E-state index is -1.29. The number of aromatic carboxylic acids is 1. The van der Waals surface area contributed by atoms with Gasteiger partial charge in [-0.2, -0.15) is 0 Å². The van der Waals surface area contributed by atoms with Crippen molar-refractivity contribution in [3.05, 3.63) is 67.5 Å². The first-order valence-electron chi connectivity index (χ1n) is 7.93. The Hall–Kier alpha value is -2.48. The topological polar surface area (TPSA) is 94.9 Å². The number of carboxylic acid groups (broad SMARTS) is 1. The summed E-state index contributed by atoms with van der Waals surface area (Å²) in [6, 6.07) is 7.62. The van der Waals surface area contributed by atoms with Gasteiger partial charge in [0.15, 0.2) is 0 Å². The van der Waals surface area contributed by atoms with Gasteiger partial charge in [0.1, 0.15) is 11.3 Å². The first kappa shape index (κ1) is 20.3. The highest BCUT2D eigenvalue weighted by Gasteiger charge is 2.35. The number of aryl methyl sites for hydroxylation is 1. The van der Waals surface area contributed by atoms with Crippen molar-refractivity contribution in [2.24, 2.45) is 0 Å². The van der Waals surface area contributed by atoms with E-state index in [4.69, 9.17) is 23.2 Å². The van der Waals surface area contributed by atoms with Crippen molar-refractivity contribution in [1.29, 1.82) is 0 Å². The molecule has 0 atom stereocenters. The fraction of sp³-hybridized carbons (Fsp3) is 0.105. The lowest BCUT2D eigenvalue weighted by atomic mass is 10.0. The molecule has 0 saturated carbocycles. The van der Waals surface area contributed by atoms with Gasteiger partial charge < -0.3 is 10.2 Å². The molecule has 2 aromatic carbocycles. The van der Waals surface area contributed by atoms with Gasteiger partial charge in [-0.15, -0.1) is 0 Å². The number of imide groups is 1. The minimum Gasteiger partial charge on any atom is -0.507 e. The van der Waals surface area contributed by atoms with Crippen LogP contribution in [0.2, 0.25) is 10.0 Å². The highest BCUT2D eigenvalue weighted by molar-refractivity contribution is 8.18. The number of carbonyl (C=O) groups excluding carboxylic acids is 2. The third-order valence-electron chi connectivity index (χ3n) is 4.05. The van der Waals surface area contributed by atoms with Crippen LogP contribution in [0.3, 0.4) is 0 Å². The molecule has 6 nitrogen and oxygen atoms in total. The Kier molecular flexibility index (Phi) is 5.69. The van der Waals surface area contributed by atoms with Crippen molar-refractivity contribution in [3.8, 4) is 5.75 Å². The molecule has 3 rings (SSSR count). The predicted octanol–water partition coefficient (Wildman–Crippen LogP) is 4.94. The number of aromatic hydroxyl groups is 1. The maximum atomic E-state index is 12.6. The first-order chi connectivity index (χ1) is 13.2. The van der Waals surface area contributed by atoms with E-state index in [1.54, 1.807) is 25.1 Å². The van der Waals surface area contributed by atoms with E-state index in [9.17, 15) is 24.6 Å². The van der Waals surface area contributed by atoms with Gasteiger partial charge in [-0.1, -0.05) is 29.3 Å². The smallest absolute Gasteiger partial charge is 0.339 e. The summed E-state index contributed by atoms with van der Waals surface area (Å²) >= 11 is 12.6. The molecule has 2 amide bonds. The summed E-state index contributed by atoms with van der Waals surface area (Å²) in [5.41, 5.74) is 1.11. The van der Waals surface area contributed by atoms with Gasteiger partial charge in [0, 0.05) is 0 Å². The van der Waals surface area contributed by atoms with E-state index in [-0.39, 0.29) is 22.8 Å². The van der Waals surface area contributed by atoms with E-state index >= 15 is 0 Å². The Balaban J connectivity index is 1.89. The van der Waals surface area contributed by atoms with Crippen LogP contribution in [0, 0.1) is 6.92 Å². The van der Waals surface area contributed by atoms with Crippen LogP contribution in [0.15, 0.2) is 35.2 Å². The number of carbonyl (C=O) groups is 3. The Labute approximate surface area is 174 Å². The standard InChI is InChI=1S/C19H13Cl2NO5S/c1-9-4-11(5-12(16(9)23)18(25)26)7-15-17(24)22(19(27)28-15)8-10-2-3-13(20)14(21)6-10/h2-7,23H,8H2,1H3,(H,25,26)/b15-7-. The molecular formula is C19H13Cl2NO5S. The quantitative estimate of drug-likeness (QED) is 0.657. The summed E-state index contributed by atoms with van der Waals surface area (Å²) in [6.45, 7) is 1.59. The van der Waals surface area contributed by atoms with Crippen molar-refractivity contribution in [2.75, 3.05) is 0 Å². The molecule has 0 bridgehead atoms. The highest BCUT2D eigenvalue weighted by Crippen LogP contribution is 2.35. The van der Waals surface area contributed by atoms with Gasteiger partial charge >= 0.3 is 5.97 Å². The second kappa shape index (κ2) is 7.87. The molecule has 1 aliphatic rings. The number of phenols is 1. The molecule has 28 heavy (non-hydrogen) atoms. The molecule has 0 spiro atoms. The number of amides is 2. The summed E-state index contributed by atoms with van der Waals surface area (Å²) in [5, 5.41) is 19.3. The fourth-order valence-corrected chi connectivity index (χ4v) is 3.82. The zero-order valence-electron chi connectivity index (χ0n) is 14.4. The van der Waals surface area contributed by atoms with Crippen LogP contribution in [0.4, 0.5) is 4.79 Å². The first-order valence-corrected chi connectivity index (χ1v) is 9.51. The summed E-state index contributed by atoms with van der Waals surface area (Å²) < 4.78 is 0. The van der Waals surface area contributed by atoms with Gasteiger partial charge in [0.25, 0.3) is 11.1 Å². The average molecular weight is 438 g/mol. The fourth-order valence-electron chi connectivity index (χ4n) is 2.66. The van der Waals surface area contributed by atoms with Crippen molar-refractivity contribution >= 4 is 58.2 Å². The number of thioether (sulfide) groups is 1. The number of rotatable bonds is 4. The van der Waals surface area contributed by atoms with E-state index in [0.29, 0.717) is 26.7 Å². The van der Waals surface area contributed by atoms with Crippen LogP contribution < -0.4 is 0 Å². The summed E-state index contributed by atoms with van der Waals surface area (Å²) in [7, 11) is 0. The Morgan fingerprint density at radius 3 is 2.54 bits per heavy atom. The second-order valence-electron chi connectivity index (χ2n) is 6.06. The lowest BCUT2D eigenvalue weighted by molar-refractivity contribution is -0.123. The lowest BCUT2D eigenvalue weighted by Gasteiger charge is -2.13. The van der Waals surface area contributed by atoms with Crippen LogP contribution >= 0.6 is 35.0 Å². The van der Waals surface area contributed by atoms with E-state index in [2.05, 4.69) is 0 Å². The molecule has 1 fully saturated rings. The number of nitrogens with zero attached hydrogens (tertiary/aromatic N) is 1. The highest BCUT2D eigenvalue weighted by atomic mass is 35.5. The molecule has 0 aliphatic carbocycles. The van der Waals surface area contributed by atoms with Gasteiger partial charge in [0.05, 0.1) is 21.5 Å². The molecule has 2 aromatic rings. The zero-order valence-corrected chi connectivity index (χ0v) is 16.7. The Bertz CT molecular complexity index is 1050. The number of benzene rings is 2. The van der Waals surface area contributed by atoms with Crippen LogP contribution in [0.1, 0.15) is 27.0 Å². The van der Waals surface area contributed by atoms with E-state index in [1.807, 2.05) is 0 Å². The summed E-state index contributed by atoms with van der Waals surface area (Å²) in [4.78, 5) is 37.4. The molecule has 1 saturated heterocycles. The monoisotopic (exact) mass is 437 g/mol. The van der Waals surface area contributed by atoms with Crippen LogP contribution in [-0.2, 0) is 11.3 Å². The maximum absolute atomic E-state index is 12.6. The lowest BCUT2D eigenvalue weighted by Crippen LogP contribution is -2.27. The van der Waals surface area contributed by atoms with Crippen LogP contribution in [0.25, 0.3) is 6.08 Å². The van der Waals surface area contributed by atoms with Gasteiger partial charge in [0.2, 0.25) is 0 Å². The third kappa shape index (κ3) is 4.01. The molecule has 1 heterocycles. The van der Waals surface area contributed by atoms with Crippen molar-refractivity contribution in [1.82, 2.24) is 4.90 Å². The molecule has 1 aliphatic heterocycles. The number of halogens is 2. The van der Waals surface area contributed by atoms with Crippen LogP contribution in [0.5, 0.6) is 5.75 Å². The normalized spacial score (nSPS) is 15.5. The van der Waals surface area contributed by atoms with Gasteiger partial charge in [-0.25, -0.2) is 4.79 Å². The average Bonchev–Trinajstić information content (AvgIpc) is 2.88. The molecule has 2 N–H and O–H groups in total. The Morgan fingerprint density at radius 1 is 1.18 bits per heavy atom. The zero-order chi connectivity index (χ0) is 20.6. The van der Waals surface area contributed by atoms with Crippen molar-refractivity contribution in [2.45, 2.75) is 13.5 Å². The van der Waals surface area contributed by atoms with E-state index in [1.165, 1.54) is 18.2 Å².